The average molecular weight is 247 g/mol. The minimum absolute atomic E-state index is 0.231. The van der Waals surface area contributed by atoms with Gasteiger partial charge in [0, 0.05) is 46.0 Å². The number of benzene rings is 1. The highest BCUT2D eigenvalue weighted by Crippen LogP contribution is 2.13. The number of anilines is 1. The van der Waals surface area contributed by atoms with Crippen molar-refractivity contribution in [2.45, 2.75) is 6.42 Å². The summed E-state index contributed by atoms with van der Waals surface area (Å²) < 4.78 is 0. The summed E-state index contributed by atoms with van der Waals surface area (Å²) in [5.41, 5.74) is 2.25. The minimum atomic E-state index is 0.231. The molecule has 0 spiro atoms. The van der Waals surface area contributed by atoms with Crippen molar-refractivity contribution in [3.63, 3.8) is 0 Å². The topological polar surface area (TPSA) is 35.6 Å². The van der Waals surface area contributed by atoms with Gasteiger partial charge in [-0.2, -0.15) is 0 Å². The lowest BCUT2D eigenvalue weighted by Crippen LogP contribution is -2.46. The summed E-state index contributed by atoms with van der Waals surface area (Å²) in [6, 6.07) is 8.19. The van der Waals surface area contributed by atoms with Gasteiger partial charge < -0.3 is 15.1 Å². The zero-order valence-corrected chi connectivity index (χ0v) is 11.1. The summed E-state index contributed by atoms with van der Waals surface area (Å²) in [6.07, 6.45) is 0.508. The first kappa shape index (κ1) is 12.9. The molecule has 2 rings (SSSR count). The van der Waals surface area contributed by atoms with Crippen LogP contribution in [0.4, 0.5) is 5.69 Å². The van der Waals surface area contributed by atoms with Gasteiger partial charge in [-0.25, -0.2) is 0 Å². The second kappa shape index (κ2) is 5.87. The maximum absolute atomic E-state index is 12.1. The van der Waals surface area contributed by atoms with Gasteiger partial charge in [0.05, 0.1) is 6.42 Å². The van der Waals surface area contributed by atoms with Crippen LogP contribution in [0.5, 0.6) is 0 Å². The van der Waals surface area contributed by atoms with Crippen molar-refractivity contribution in [2.24, 2.45) is 0 Å². The summed E-state index contributed by atoms with van der Waals surface area (Å²) in [7, 11) is 4.03. The number of carbonyl (C=O) groups is 1. The Morgan fingerprint density at radius 2 is 1.83 bits per heavy atom. The Kier molecular flexibility index (Phi) is 4.20. The van der Waals surface area contributed by atoms with Crippen LogP contribution in [-0.4, -0.2) is 51.1 Å². The number of nitrogens with one attached hydrogen (secondary N) is 1. The molecule has 4 heteroatoms. The fourth-order valence-electron chi connectivity index (χ4n) is 2.11. The largest absolute Gasteiger partial charge is 0.378 e. The SMILES string of the molecule is CN(C)c1ccc(CC(=O)N2CCNCC2)cc1. The molecule has 1 aliphatic rings. The molecule has 98 valence electrons. The Bertz CT molecular complexity index is 394. The van der Waals surface area contributed by atoms with E-state index in [2.05, 4.69) is 22.3 Å². The molecule has 0 radical (unpaired) electrons. The molecular weight excluding hydrogens is 226 g/mol. The Labute approximate surface area is 109 Å². The van der Waals surface area contributed by atoms with Gasteiger partial charge >= 0.3 is 0 Å². The lowest BCUT2D eigenvalue weighted by atomic mass is 10.1. The number of nitrogens with zero attached hydrogens (tertiary/aromatic N) is 2. The van der Waals surface area contributed by atoms with Crippen LogP contribution >= 0.6 is 0 Å². The van der Waals surface area contributed by atoms with Crippen LogP contribution < -0.4 is 10.2 Å². The summed E-state index contributed by atoms with van der Waals surface area (Å²) in [6.45, 7) is 3.47. The molecule has 0 aromatic heterocycles. The molecule has 1 heterocycles. The molecule has 1 fully saturated rings. The van der Waals surface area contributed by atoms with E-state index in [0.717, 1.165) is 37.4 Å². The maximum atomic E-state index is 12.1. The van der Waals surface area contributed by atoms with E-state index in [1.807, 2.05) is 31.1 Å². The first-order valence-corrected chi connectivity index (χ1v) is 6.41. The fourth-order valence-corrected chi connectivity index (χ4v) is 2.11. The number of piperazine rings is 1. The standard InChI is InChI=1S/C14H21N3O/c1-16(2)13-5-3-12(4-6-13)11-14(18)17-9-7-15-8-10-17/h3-6,15H,7-11H2,1-2H3. The second-order valence-corrected chi connectivity index (χ2v) is 4.87. The molecule has 0 saturated carbocycles. The number of rotatable bonds is 3. The van der Waals surface area contributed by atoms with E-state index < -0.39 is 0 Å². The third kappa shape index (κ3) is 3.23. The summed E-state index contributed by atoms with van der Waals surface area (Å²) in [4.78, 5) is 16.1. The lowest BCUT2D eigenvalue weighted by Gasteiger charge is -2.27. The van der Waals surface area contributed by atoms with E-state index in [1.165, 1.54) is 0 Å². The molecule has 1 N–H and O–H groups in total. The van der Waals surface area contributed by atoms with Crippen molar-refractivity contribution in [1.29, 1.82) is 0 Å². The monoisotopic (exact) mass is 247 g/mol. The first-order chi connectivity index (χ1) is 8.66. The van der Waals surface area contributed by atoms with E-state index >= 15 is 0 Å². The Hall–Kier alpha value is -1.55. The van der Waals surface area contributed by atoms with Crippen molar-refractivity contribution >= 4 is 11.6 Å². The maximum Gasteiger partial charge on any atom is 0.227 e. The molecule has 1 saturated heterocycles. The van der Waals surface area contributed by atoms with Gasteiger partial charge in [-0.1, -0.05) is 12.1 Å². The highest BCUT2D eigenvalue weighted by Gasteiger charge is 2.16. The first-order valence-electron chi connectivity index (χ1n) is 6.41. The molecule has 1 aliphatic heterocycles. The molecule has 1 aromatic rings. The molecule has 0 atom stereocenters. The van der Waals surface area contributed by atoms with Gasteiger partial charge in [0.1, 0.15) is 0 Å². The van der Waals surface area contributed by atoms with Crippen molar-refractivity contribution in [3.8, 4) is 0 Å². The van der Waals surface area contributed by atoms with Crippen LogP contribution in [0, 0.1) is 0 Å². The quantitative estimate of drug-likeness (QED) is 0.855. The zero-order chi connectivity index (χ0) is 13.0. The Morgan fingerprint density at radius 3 is 2.39 bits per heavy atom. The highest BCUT2D eigenvalue weighted by atomic mass is 16.2. The van der Waals surface area contributed by atoms with Gasteiger partial charge in [0.25, 0.3) is 0 Å². The molecule has 1 amide bonds. The van der Waals surface area contributed by atoms with E-state index in [0.29, 0.717) is 6.42 Å². The molecular formula is C14H21N3O. The van der Waals surface area contributed by atoms with Crippen LogP contribution in [0.15, 0.2) is 24.3 Å². The second-order valence-electron chi connectivity index (χ2n) is 4.87. The number of hydrogen-bond acceptors (Lipinski definition) is 3. The van der Waals surface area contributed by atoms with E-state index in [-0.39, 0.29) is 5.91 Å². The molecule has 0 aliphatic carbocycles. The molecule has 1 aromatic carbocycles. The van der Waals surface area contributed by atoms with Crippen LogP contribution in [0.1, 0.15) is 5.56 Å². The van der Waals surface area contributed by atoms with Crippen molar-refractivity contribution in [1.82, 2.24) is 10.2 Å². The number of carbonyl (C=O) groups excluding carboxylic acids is 1. The number of hydrogen-bond donors (Lipinski definition) is 1. The van der Waals surface area contributed by atoms with Crippen LogP contribution in [0.25, 0.3) is 0 Å². The van der Waals surface area contributed by atoms with E-state index in [9.17, 15) is 4.79 Å². The van der Waals surface area contributed by atoms with Gasteiger partial charge in [-0.3, -0.25) is 4.79 Å². The van der Waals surface area contributed by atoms with Crippen LogP contribution in [0.2, 0.25) is 0 Å². The van der Waals surface area contributed by atoms with E-state index in [4.69, 9.17) is 0 Å². The van der Waals surface area contributed by atoms with E-state index in [1.54, 1.807) is 0 Å². The lowest BCUT2D eigenvalue weighted by molar-refractivity contribution is -0.131. The van der Waals surface area contributed by atoms with Gasteiger partial charge in [0.2, 0.25) is 5.91 Å². The normalized spacial score (nSPS) is 15.6. The van der Waals surface area contributed by atoms with Gasteiger partial charge in [0.15, 0.2) is 0 Å². The molecule has 18 heavy (non-hydrogen) atoms. The van der Waals surface area contributed by atoms with Gasteiger partial charge in [-0.15, -0.1) is 0 Å². The predicted molar refractivity (Wildman–Crippen MR) is 73.9 cm³/mol. The fraction of sp³-hybridized carbons (Fsp3) is 0.500. The highest BCUT2D eigenvalue weighted by molar-refractivity contribution is 5.79. The predicted octanol–water partition coefficient (Wildman–Crippen LogP) is 0.727. The van der Waals surface area contributed by atoms with Gasteiger partial charge in [-0.05, 0) is 17.7 Å². The van der Waals surface area contributed by atoms with Crippen LogP contribution in [-0.2, 0) is 11.2 Å². The summed E-state index contributed by atoms with van der Waals surface area (Å²) in [5.74, 6) is 0.231. The Morgan fingerprint density at radius 1 is 1.22 bits per heavy atom. The van der Waals surface area contributed by atoms with Crippen molar-refractivity contribution in [3.05, 3.63) is 29.8 Å². The molecule has 0 unspecified atom stereocenters. The number of amides is 1. The zero-order valence-electron chi connectivity index (χ0n) is 11.1. The van der Waals surface area contributed by atoms with Crippen LogP contribution in [0.3, 0.4) is 0 Å². The average Bonchev–Trinajstić information content (AvgIpc) is 2.40. The third-order valence-corrected chi connectivity index (χ3v) is 3.28. The van der Waals surface area contributed by atoms with Crippen molar-refractivity contribution < 1.29 is 4.79 Å². The summed E-state index contributed by atoms with van der Waals surface area (Å²) in [5, 5.41) is 3.25. The summed E-state index contributed by atoms with van der Waals surface area (Å²) >= 11 is 0. The molecule has 4 nitrogen and oxygen atoms in total. The Balaban J connectivity index is 1.94. The smallest absolute Gasteiger partial charge is 0.227 e. The molecule has 0 bridgehead atoms. The third-order valence-electron chi connectivity index (χ3n) is 3.28. The minimum Gasteiger partial charge on any atom is -0.378 e. The van der Waals surface area contributed by atoms with Crippen molar-refractivity contribution in [2.75, 3.05) is 45.2 Å².